The lowest BCUT2D eigenvalue weighted by atomic mass is 10.1. The smallest absolute Gasteiger partial charge is 0.262 e. The third-order valence-corrected chi connectivity index (χ3v) is 5.37. The molecule has 7 heteroatoms. The van der Waals surface area contributed by atoms with Gasteiger partial charge in [-0.2, -0.15) is 0 Å². The van der Waals surface area contributed by atoms with Crippen molar-refractivity contribution in [1.29, 1.82) is 0 Å². The number of amides is 3. The van der Waals surface area contributed by atoms with E-state index in [2.05, 4.69) is 0 Å². The number of fused-ring (bicyclic) bond motifs is 1. The summed E-state index contributed by atoms with van der Waals surface area (Å²) < 4.78 is 10.7. The Morgan fingerprint density at radius 3 is 2.16 bits per heavy atom. The molecule has 0 spiro atoms. The van der Waals surface area contributed by atoms with Gasteiger partial charge >= 0.3 is 0 Å². The molecule has 162 valence electrons. The predicted octanol–water partition coefficient (Wildman–Crippen LogP) is 3.65. The number of carbonyl (C=O) groups is 3. The molecule has 3 aromatic carbocycles. The Kier molecular flexibility index (Phi) is 5.89. The number of carbonyl (C=O) groups excluding carboxylic acids is 3. The van der Waals surface area contributed by atoms with Crippen molar-refractivity contribution in [2.45, 2.75) is 0 Å². The minimum Gasteiger partial charge on any atom is -0.497 e. The molecule has 1 aliphatic heterocycles. The number of imide groups is 1. The van der Waals surface area contributed by atoms with E-state index in [1.165, 1.54) is 16.9 Å². The maximum Gasteiger partial charge on any atom is 0.262 e. The summed E-state index contributed by atoms with van der Waals surface area (Å²) in [6, 6.07) is 20.7. The van der Waals surface area contributed by atoms with Crippen LogP contribution < -0.4 is 14.4 Å². The number of ether oxygens (including phenoxy) is 2. The maximum absolute atomic E-state index is 13.5. The van der Waals surface area contributed by atoms with Crippen molar-refractivity contribution < 1.29 is 23.9 Å². The molecule has 0 N–H and O–H groups in total. The molecule has 0 bridgehead atoms. The fraction of sp³-hybridized carbons (Fsp3) is 0.160. The van der Waals surface area contributed by atoms with E-state index in [1.807, 2.05) is 0 Å². The van der Waals surface area contributed by atoms with Gasteiger partial charge < -0.3 is 14.4 Å². The van der Waals surface area contributed by atoms with Gasteiger partial charge in [-0.1, -0.05) is 30.3 Å². The molecule has 0 aliphatic carbocycles. The Bertz CT molecular complexity index is 1160. The topological polar surface area (TPSA) is 76.2 Å². The number of methoxy groups -OCH3 is 2. The number of hydrogen-bond acceptors (Lipinski definition) is 5. The summed E-state index contributed by atoms with van der Waals surface area (Å²) in [5.74, 6) is -0.0126. The average Bonchev–Trinajstić information content (AvgIpc) is 3.09. The van der Waals surface area contributed by atoms with Crippen LogP contribution in [-0.2, 0) is 0 Å². The van der Waals surface area contributed by atoms with Gasteiger partial charge in [-0.25, -0.2) is 0 Å². The number of rotatable bonds is 7. The molecule has 0 saturated carbocycles. The van der Waals surface area contributed by atoms with Crippen LogP contribution >= 0.6 is 0 Å². The van der Waals surface area contributed by atoms with E-state index in [1.54, 1.807) is 79.9 Å². The van der Waals surface area contributed by atoms with Crippen molar-refractivity contribution in [1.82, 2.24) is 4.90 Å². The minimum atomic E-state index is -0.360. The zero-order chi connectivity index (χ0) is 22.7. The molecule has 32 heavy (non-hydrogen) atoms. The van der Waals surface area contributed by atoms with Crippen LogP contribution in [0, 0.1) is 0 Å². The third kappa shape index (κ3) is 3.80. The third-order valence-electron chi connectivity index (χ3n) is 5.37. The summed E-state index contributed by atoms with van der Waals surface area (Å²) in [4.78, 5) is 41.7. The molecular formula is C25H22N2O5. The van der Waals surface area contributed by atoms with Gasteiger partial charge in [0.25, 0.3) is 17.7 Å². The van der Waals surface area contributed by atoms with Gasteiger partial charge in [-0.15, -0.1) is 0 Å². The molecule has 0 fully saturated rings. The number of nitrogens with zero attached hydrogens (tertiary/aromatic N) is 2. The summed E-state index contributed by atoms with van der Waals surface area (Å²) in [7, 11) is 3.05. The molecule has 4 rings (SSSR count). The number of benzene rings is 3. The average molecular weight is 430 g/mol. The van der Waals surface area contributed by atoms with Crippen molar-refractivity contribution in [2.75, 3.05) is 32.2 Å². The second-order valence-corrected chi connectivity index (χ2v) is 7.17. The first-order chi connectivity index (χ1) is 15.5. The van der Waals surface area contributed by atoms with E-state index in [9.17, 15) is 14.4 Å². The van der Waals surface area contributed by atoms with E-state index >= 15 is 0 Å². The zero-order valence-corrected chi connectivity index (χ0v) is 17.8. The van der Waals surface area contributed by atoms with Crippen LogP contribution in [0.15, 0.2) is 72.8 Å². The monoisotopic (exact) mass is 430 g/mol. The molecule has 0 saturated heterocycles. The van der Waals surface area contributed by atoms with Crippen LogP contribution in [0.2, 0.25) is 0 Å². The Labute approximate surface area is 185 Å². The molecular weight excluding hydrogens is 408 g/mol. The van der Waals surface area contributed by atoms with Gasteiger partial charge in [0.05, 0.1) is 30.9 Å². The summed E-state index contributed by atoms with van der Waals surface area (Å²) in [6.07, 6.45) is 0. The lowest BCUT2D eigenvalue weighted by Gasteiger charge is -2.26. The molecule has 3 amide bonds. The molecule has 7 nitrogen and oxygen atoms in total. The predicted molar refractivity (Wildman–Crippen MR) is 119 cm³/mol. The van der Waals surface area contributed by atoms with Gasteiger partial charge in [0.1, 0.15) is 11.5 Å². The van der Waals surface area contributed by atoms with Gasteiger partial charge in [0.2, 0.25) is 0 Å². The quantitative estimate of drug-likeness (QED) is 0.535. The van der Waals surface area contributed by atoms with Gasteiger partial charge in [-0.3, -0.25) is 19.3 Å². The SMILES string of the molecule is COc1cccc(N(CCN2C(=O)c3ccccc3C2=O)C(=O)c2ccccc2OC)c1. The number of para-hydroxylation sites is 1. The Hall–Kier alpha value is -4.13. The van der Waals surface area contributed by atoms with Crippen molar-refractivity contribution in [3.8, 4) is 11.5 Å². The van der Waals surface area contributed by atoms with Gasteiger partial charge in [0.15, 0.2) is 0 Å². The summed E-state index contributed by atoms with van der Waals surface area (Å²) >= 11 is 0. The second-order valence-electron chi connectivity index (χ2n) is 7.17. The van der Waals surface area contributed by atoms with E-state index in [0.717, 1.165) is 0 Å². The van der Waals surface area contributed by atoms with E-state index in [-0.39, 0.29) is 30.8 Å². The highest BCUT2D eigenvalue weighted by molar-refractivity contribution is 6.21. The second kappa shape index (κ2) is 8.93. The van der Waals surface area contributed by atoms with Crippen molar-refractivity contribution in [2.24, 2.45) is 0 Å². The molecule has 0 aromatic heterocycles. The Balaban J connectivity index is 1.65. The molecule has 0 unspecified atom stereocenters. The number of hydrogen-bond donors (Lipinski definition) is 0. The summed E-state index contributed by atoms with van der Waals surface area (Å²) in [6.45, 7) is 0.153. The fourth-order valence-corrected chi connectivity index (χ4v) is 3.74. The van der Waals surface area contributed by atoms with Crippen LogP contribution in [0.25, 0.3) is 0 Å². The van der Waals surface area contributed by atoms with Gasteiger partial charge in [-0.05, 0) is 36.4 Å². The Morgan fingerprint density at radius 1 is 0.844 bits per heavy atom. The first-order valence-corrected chi connectivity index (χ1v) is 10.1. The van der Waals surface area contributed by atoms with Crippen molar-refractivity contribution in [3.63, 3.8) is 0 Å². The van der Waals surface area contributed by atoms with Crippen molar-refractivity contribution >= 4 is 23.4 Å². The fourth-order valence-electron chi connectivity index (χ4n) is 3.74. The standard InChI is InChI=1S/C25H22N2O5/c1-31-18-9-7-8-17(16-18)26(25(30)21-12-5-6-13-22(21)32-2)14-15-27-23(28)19-10-3-4-11-20(19)24(27)29/h3-13,16H,14-15H2,1-2H3. The van der Waals surface area contributed by atoms with Crippen LogP contribution in [0.3, 0.4) is 0 Å². The summed E-state index contributed by atoms with van der Waals surface area (Å²) in [5, 5.41) is 0. The highest BCUT2D eigenvalue weighted by Gasteiger charge is 2.35. The minimum absolute atomic E-state index is 0.0461. The Morgan fingerprint density at radius 2 is 1.50 bits per heavy atom. The largest absolute Gasteiger partial charge is 0.497 e. The molecule has 1 heterocycles. The first-order valence-electron chi connectivity index (χ1n) is 10.1. The normalized spacial score (nSPS) is 12.5. The van der Waals surface area contributed by atoms with Gasteiger partial charge in [0, 0.05) is 24.8 Å². The number of anilines is 1. The molecule has 1 aliphatic rings. The maximum atomic E-state index is 13.5. The first kappa shape index (κ1) is 21.1. The van der Waals surface area contributed by atoms with E-state index in [0.29, 0.717) is 33.9 Å². The van der Waals surface area contributed by atoms with Crippen molar-refractivity contribution in [3.05, 3.63) is 89.5 Å². The highest BCUT2D eigenvalue weighted by Crippen LogP contribution is 2.27. The molecule has 0 radical (unpaired) electrons. The van der Waals surface area contributed by atoms with Crippen LogP contribution in [0.1, 0.15) is 31.1 Å². The lowest BCUT2D eigenvalue weighted by molar-refractivity contribution is 0.0654. The summed E-state index contributed by atoms with van der Waals surface area (Å²) in [5.41, 5.74) is 1.71. The highest BCUT2D eigenvalue weighted by atomic mass is 16.5. The zero-order valence-electron chi connectivity index (χ0n) is 17.8. The van der Waals surface area contributed by atoms with Crippen LogP contribution in [0.4, 0.5) is 5.69 Å². The van der Waals surface area contributed by atoms with E-state index < -0.39 is 0 Å². The molecule has 0 atom stereocenters. The van der Waals surface area contributed by atoms with E-state index in [4.69, 9.17) is 9.47 Å². The van der Waals surface area contributed by atoms with Crippen LogP contribution in [-0.4, -0.2) is 49.9 Å². The van der Waals surface area contributed by atoms with Crippen LogP contribution in [0.5, 0.6) is 11.5 Å². The molecule has 3 aromatic rings. The lowest BCUT2D eigenvalue weighted by Crippen LogP contribution is -2.41.